The first-order chi connectivity index (χ1) is 15.0. The number of nitrogens with two attached hydrogens (primary N) is 1. The molecule has 0 fully saturated rings. The van der Waals surface area contributed by atoms with Gasteiger partial charge in [-0.1, -0.05) is 59.3 Å². The minimum Gasteiger partial charge on any atom is -0.382 e. The van der Waals surface area contributed by atoms with Gasteiger partial charge in [-0.15, -0.1) is 5.10 Å². The Labute approximate surface area is 180 Å². The van der Waals surface area contributed by atoms with Crippen LogP contribution in [0.25, 0.3) is 0 Å². The molecule has 31 heavy (non-hydrogen) atoms. The summed E-state index contributed by atoms with van der Waals surface area (Å²) in [5.41, 5.74) is 16.7. The van der Waals surface area contributed by atoms with E-state index >= 15 is 0 Å². The fourth-order valence-electron chi connectivity index (χ4n) is 2.96. The third-order valence-electron chi connectivity index (χ3n) is 4.56. The van der Waals surface area contributed by atoms with E-state index in [2.05, 4.69) is 56.0 Å². The van der Waals surface area contributed by atoms with E-state index in [4.69, 9.17) is 11.3 Å². The van der Waals surface area contributed by atoms with Gasteiger partial charge < -0.3 is 16.4 Å². The smallest absolute Gasteiger partial charge is 0.270 e. The van der Waals surface area contributed by atoms with Gasteiger partial charge in [0.1, 0.15) is 17.8 Å². The van der Waals surface area contributed by atoms with Crippen LogP contribution in [0.5, 0.6) is 0 Å². The lowest BCUT2D eigenvalue weighted by atomic mass is 10.1. The Morgan fingerprint density at radius 3 is 2.65 bits per heavy atom. The highest BCUT2D eigenvalue weighted by molar-refractivity contribution is 5.97. The molecular formula is C22H24N8O. The van der Waals surface area contributed by atoms with Gasteiger partial charge >= 0.3 is 0 Å². The zero-order valence-corrected chi connectivity index (χ0v) is 17.2. The fraction of sp³-hybridized carbons (Fsp3) is 0.182. The highest BCUT2D eigenvalue weighted by atomic mass is 16.1. The standard InChI is InChI=1S/C22H24N8O/c1-15-3-2-4-16(11-15)9-10-25-20-12-19(27-14-28-20)22(31)26-13-17-5-7-18(8-6-17)21(23)29-30-24/h2-8,11-12,14H,9-10,13H2,1H3,(H,26,31)(H3,23,24,29)(H,25,27,28). The summed E-state index contributed by atoms with van der Waals surface area (Å²) in [5, 5.41) is 12.5. The number of nitrogens with zero attached hydrogens (tertiary/aromatic N) is 4. The highest BCUT2D eigenvalue weighted by Crippen LogP contribution is 2.08. The molecule has 0 aliphatic rings. The third-order valence-corrected chi connectivity index (χ3v) is 4.56. The first-order valence-electron chi connectivity index (χ1n) is 9.74. The topological polar surface area (TPSA) is 142 Å². The van der Waals surface area contributed by atoms with Gasteiger partial charge in [-0.25, -0.2) is 9.97 Å². The van der Waals surface area contributed by atoms with Crippen LogP contribution in [-0.2, 0) is 13.0 Å². The first-order valence-corrected chi connectivity index (χ1v) is 9.74. The second kappa shape index (κ2) is 10.6. The summed E-state index contributed by atoms with van der Waals surface area (Å²) in [6.07, 6.45) is 2.23. The number of benzene rings is 2. The molecule has 0 saturated carbocycles. The molecule has 9 heteroatoms. The molecule has 0 unspecified atom stereocenters. The average molecular weight is 416 g/mol. The maximum Gasteiger partial charge on any atom is 0.270 e. The van der Waals surface area contributed by atoms with Crippen molar-refractivity contribution in [2.45, 2.75) is 19.9 Å². The van der Waals surface area contributed by atoms with Crippen molar-refractivity contribution >= 4 is 17.6 Å². The van der Waals surface area contributed by atoms with Crippen LogP contribution in [0, 0.1) is 12.5 Å². The maximum atomic E-state index is 12.5. The van der Waals surface area contributed by atoms with Gasteiger partial charge in [-0.2, -0.15) is 5.53 Å². The summed E-state index contributed by atoms with van der Waals surface area (Å²) in [6, 6.07) is 17.1. The molecule has 0 aliphatic carbocycles. The lowest BCUT2D eigenvalue weighted by molar-refractivity contribution is 0.0946. The number of nitrogens with one attached hydrogen (secondary N) is 3. The van der Waals surface area contributed by atoms with Gasteiger partial charge in [0, 0.05) is 24.7 Å². The Hall–Kier alpha value is -4.14. The first kappa shape index (κ1) is 21.6. The van der Waals surface area contributed by atoms with Crippen LogP contribution >= 0.6 is 0 Å². The summed E-state index contributed by atoms with van der Waals surface area (Å²) in [7, 11) is 0. The van der Waals surface area contributed by atoms with Gasteiger partial charge in [-0.3, -0.25) is 4.79 Å². The van der Waals surface area contributed by atoms with E-state index in [1.807, 2.05) is 18.2 Å². The Balaban J connectivity index is 1.52. The molecular weight excluding hydrogens is 392 g/mol. The predicted molar refractivity (Wildman–Crippen MR) is 119 cm³/mol. The molecule has 1 aromatic heterocycles. The van der Waals surface area contributed by atoms with E-state index < -0.39 is 0 Å². The fourth-order valence-corrected chi connectivity index (χ4v) is 2.96. The number of hydrogen-bond donors (Lipinski definition) is 4. The maximum absolute atomic E-state index is 12.5. The predicted octanol–water partition coefficient (Wildman–Crippen LogP) is 3.02. The number of aromatic nitrogens is 2. The number of hydrogen-bond acceptors (Lipinski definition) is 6. The third kappa shape index (κ3) is 6.43. The molecule has 158 valence electrons. The number of aryl methyl sites for hydroxylation is 1. The van der Waals surface area contributed by atoms with Crippen LogP contribution in [0.4, 0.5) is 5.82 Å². The monoisotopic (exact) mass is 416 g/mol. The summed E-state index contributed by atoms with van der Waals surface area (Å²) in [4.78, 5) is 20.7. The van der Waals surface area contributed by atoms with E-state index in [1.54, 1.807) is 18.2 Å². The average Bonchev–Trinajstić information content (AvgIpc) is 2.78. The van der Waals surface area contributed by atoms with Crippen LogP contribution in [0.3, 0.4) is 0 Å². The molecule has 1 heterocycles. The Kier molecular flexibility index (Phi) is 7.36. The highest BCUT2D eigenvalue weighted by Gasteiger charge is 2.09. The number of anilines is 1. The molecule has 0 aliphatic heterocycles. The number of amides is 1. The molecule has 0 saturated heterocycles. The van der Waals surface area contributed by atoms with Crippen LogP contribution in [0.2, 0.25) is 0 Å². The van der Waals surface area contributed by atoms with Gasteiger partial charge in [0.05, 0.1) is 0 Å². The number of rotatable bonds is 9. The van der Waals surface area contributed by atoms with Crippen molar-refractivity contribution < 1.29 is 4.79 Å². The molecule has 0 spiro atoms. The van der Waals surface area contributed by atoms with Crippen molar-refractivity contribution in [2.24, 2.45) is 16.1 Å². The second-order valence-corrected chi connectivity index (χ2v) is 6.92. The minimum atomic E-state index is -0.290. The molecule has 9 nitrogen and oxygen atoms in total. The summed E-state index contributed by atoms with van der Waals surface area (Å²) in [6.45, 7) is 3.10. The molecule has 5 N–H and O–H groups in total. The minimum absolute atomic E-state index is 0.161. The lowest BCUT2D eigenvalue weighted by Crippen LogP contribution is -2.24. The van der Waals surface area contributed by atoms with E-state index in [0.717, 1.165) is 12.0 Å². The molecule has 2 aromatic carbocycles. The van der Waals surface area contributed by atoms with Gasteiger partial charge in [0.2, 0.25) is 0 Å². The summed E-state index contributed by atoms with van der Waals surface area (Å²) in [5.74, 6) is 0.475. The molecule has 0 atom stereocenters. The largest absolute Gasteiger partial charge is 0.382 e. The van der Waals surface area contributed by atoms with E-state index in [0.29, 0.717) is 24.5 Å². The van der Waals surface area contributed by atoms with Crippen molar-refractivity contribution in [3.05, 3.63) is 88.9 Å². The SMILES string of the molecule is Cc1cccc(CCNc2cc(C(=O)NCc3ccc(/C(N)=N/N=N)cc3)ncn2)c1. The Bertz CT molecular complexity index is 1080. The lowest BCUT2D eigenvalue weighted by Gasteiger charge is -2.09. The van der Waals surface area contributed by atoms with Crippen molar-refractivity contribution in [2.75, 3.05) is 11.9 Å². The van der Waals surface area contributed by atoms with Crippen LogP contribution in [0.1, 0.15) is 32.7 Å². The summed E-state index contributed by atoms with van der Waals surface area (Å²) >= 11 is 0. The quantitative estimate of drug-likeness (QED) is 0.184. The van der Waals surface area contributed by atoms with E-state index in [-0.39, 0.29) is 17.4 Å². The molecule has 0 bridgehead atoms. The van der Waals surface area contributed by atoms with Crippen LogP contribution in [0.15, 0.2) is 71.2 Å². The van der Waals surface area contributed by atoms with Crippen molar-refractivity contribution in [3.63, 3.8) is 0 Å². The van der Waals surface area contributed by atoms with Crippen molar-refractivity contribution in [3.8, 4) is 0 Å². The number of carbonyl (C=O) groups is 1. The molecule has 3 rings (SSSR count). The Morgan fingerprint density at radius 1 is 1.10 bits per heavy atom. The molecule has 0 radical (unpaired) electrons. The Morgan fingerprint density at radius 2 is 1.90 bits per heavy atom. The van der Waals surface area contributed by atoms with Gasteiger partial charge in [-0.05, 0) is 24.5 Å². The normalized spacial score (nSPS) is 11.1. The van der Waals surface area contributed by atoms with Crippen molar-refractivity contribution in [1.29, 1.82) is 5.53 Å². The number of carbonyl (C=O) groups excluding carboxylic acids is 1. The van der Waals surface area contributed by atoms with Crippen LogP contribution in [-0.4, -0.2) is 28.3 Å². The van der Waals surface area contributed by atoms with Crippen LogP contribution < -0.4 is 16.4 Å². The van der Waals surface area contributed by atoms with E-state index in [9.17, 15) is 4.79 Å². The summed E-state index contributed by atoms with van der Waals surface area (Å²) < 4.78 is 0. The molecule has 1 amide bonds. The van der Waals surface area contributed by atoms with Gasteiger partial charge in [0.15, 0.2) is 5.84 Å². The van der Waals surface area contributed by atoms with Crippen molar-refractivity contribution in [1.82, 2.24) is 15.3 Å². The van der Waals surface area contributed by atoms with E-state index in [1.165, 1.54) is 17.5 Å². The molecule has 3 aromatic rings. The number of amidine groups is 1. The van der Waals surface area contributed by atoms with Gasteiger partial charge in [0.25, 0.3) is 5.91 Å². The second-order valence-electron chi connectivity index (χ2n) is 6.92. The zero-order valence-electron chi connectivity index (χ0n) is 17.2. The zero-order chi connectivity index (χ0) is 22.1.